The van der Waals surface area contributed by atoms with Crippen molar-refractivity contribution in [3.63, 3.8) is 0 Å². The number of hydrogen-bond acceptors (Lipinski definition) is 7. The molecule has 3 aromatic heterocycles. The number of anilines is 1. The van der Waals surface area contributed by atoms with E-state index in [1.165, 1.54) is 0 Å². The van der Waals surface area contributed by atoms with E-state index >= 15 is 0 Å². The van der Waals surface area contributed by atoms with Gasteiger partial charge in [-0.1, -0.05) is 25.9 Å². The van der Waals surface area contributed by atoms with Gasteiger partial charge in [0.1, 0.15) is 5.82 Å². The minimum atomic E-state index is -0.0983. The number of nitrogens with zero attached hydrogens (tertiary/aromatic N) is 7. The molecule has 4 heterocycles. The molecule has 3 aromatic rings. The highest BCUT2D eigenvalue weighted by atomic mass is 16.5. The summed E-state index contributed by atoms with van der Waals surface area (Å²) in [6.45, 7) is 12.9. The topological polar surface area (TPSA) is 75.6 Å². The van der Waals surface area contributed by atoms with Crippen molar-refractivity contribution in [2.45, 2.75) is 39.7 Å². The molecule has 8 heteroatoms. The Hall–Kier alpha value is -2.48. The molecule has 0 bridgehead atoms. The monoisotopic (exact) mass is 355 g/mol. The molecule has 0 aliphatic carbocycles. The second-order valence-electron chi connectivity index (χ2n) is 7.93. The van der Waals surface area contributed by atoms with Crippen molar-refractivity contribution < 1.29 is 4.52 Å². The molecule has 4 rings (SSSR count). The predicted molar refractivity (Wildman–Crippen MR) is 98.2 cm³/mol. The smallest absolute Gasteiger partial charge is 0.178 e. The van der Waals surface area contributed by atoms with Crippen LogP contribution in [0.1, 0.15) is 38.0 Å². The lowest BCUT2D eigenvalue weighted by Crippen LogP contribution is -2.46. The Balaban J connectivity index is 1.47. The van der Waals surface area contributed by atoms with Crippen LogP contribution in [0.3, 0.4) is 0 Å². The molecular weight excluding hydrogens is 330 g/mol. The van der Waals surface area contributed by atoms with E-state index in [-0.39, 0.29) is 5.41 Å². The quantitative estimate of drug-likeness (QED) is 0.711. The summed E-state index contributed by atoms with van der Waals surface area (Å²) >= 11 is 0. The Morgan fingerprint density at radius 3 is 2.50 bits per heavy atom. The molecule has 1 fully saturated rings. The molecule has 1 aliphatic rings. The van der Waals surface area contributed by atoms with Gasteiger partial charge in [0.2, 0.25) is 0 Å². The van der Waals surface area contributed by atoms with Crippen molar-refractivity contribution in [2.24, 2.45) is 0 Å². The molecule has 26 heavy (non-hydrogen) atoms. The predicted octanol–water partition coefficient (Wildman–Crippen LogP) is 2.04. The van der Waals surface area contributed by atoms with E-state index in [0.717, 1.165) is 61.5 Å². The first kappa shape index (κ1) is 17.0. The van der Waals surface area contributed by atoms with E-state index in [9.17, 15) is 0 Å². The van der Waals surface area contributed by atoms with E-state index in [0.29, 0.717) is 0 Å². The van der Waals surface area contributed by atoms with Crippen LogP contribution in [0.5, 0.6) is 0 Å². The Morgan fingerprint density at radius 1 is 1.08 bits per heavy atom. The van der Waals surface area contributed by atoms with Crippen LogP contribution in [0.25, 0.3) is 5.65 Å². The van der Waals surface area contributed by atoms with Crippen molar-refractivity contribution in [2.75, 3.05) is 31.1 Å². The number of aromatic nitrogens is 5. The van der Waals surface area contributed by atoms with Crippen molar-refractivity contribution in [3.05, 3.63) is 35.5 Å². The van der Waals surface area contributed by atoms with Crippen LogP contribution < -0.4 is 4.90 Å². The highest BCUT2D eigenvalue weighted by molar-refractivity contribution is 5.46. The first-order chi connectivity index (χ1) is 12.4. The fourth-order valence-electron chi connectivity index (χ4n) is 3.26. The molecule has 0 amide bonds. The van der Waals surface area contributed by atoms with E-state index < -0.39 is 0 Å². The molecule has 0 spiro atoms. The van der Waals surface area contributed by atoms with Crippen LogP contribution in [0, 0.1) is 6.92 Å². The summed E-state index contributed by atoms with van der Waals surface area (Å²) in [6.07, 6.45) is 0. The van der Waals surface area contributed by atoms with E-state index in [4.69, 9.17) is 9.62 Å². The summed E-state index contributed by atoms with van der Waals surface area (Å²) in [5.74, 6) is 2.78. The van der Waals surface area contributed by atoms with Gasteiger partial charge < -0.3 is 9.42 Å². The molecule has 0 N–H and O–H groups in total. The minimum Gasteiger partial charge on any atom is -0.360 e. The lowest BCUT2D eigenvalue weighted by Gasteiger charge is -2.34. The summed E-state index contributed by atoms with van der Waals surface area (Å²) in [4.78, 5) is 4.70. The summed E-state index contributed by atoms with van der Waals surface area (Å²) in [5, 5.41) is 17.3. The maximum atomic E-state index is 5.33. The molecule has 0 atom stereocenters. The lowest BCUT2D eigenvalue weighted by molar-refractivity contribution is 0.219. The Bertz CT molecular complexity index is 900. The third-order valence-corrected chi connectivity index (χ3v) is 4.67. The fraction of sp³-hybridized carbons (Fsp3) is 0.556. The SMILES string of the molecule is Cc1cc(CN2CCN(c3ccc4nnc(C(C)(C)C)n4n3)CC2)on1. The first-order valence-corrected chi connectivity index (χ1v) is 9.02. The summed E-state index contributed by atoms with van der Waals surface area (Å²) in [6, 6.07) is 6.03. The van der Waals surface area contributed by atoms with Crippen molar-refractivity contribution in [1.29, 1.82) is 0 Å². The second-order valence-corrected chi connectivity index (χ2v) is 7.93. The molecule has 0 unspecified atom stereocenters. The van der Waals surface area contributed by atoms with Crippen LogP contribution in [-0.2, 0) is 12.0 Å². The van der Waals surface area contributed by atoms with Gasteiger partial charge in [0, 0.05) is 37.7 Å². The highest BCUT2D eigenvalue weighted by Gasteiger charge is 2.24. The molecular formula is C18H25N7O. The van der Waals surface area contributed by atoms with Crippen LogP contribution in [0.4, 0.5) is 5.82 Å². The average molecular weight is 355 g/mol. The summed E-state index contributed by atoms with van der Waals surface area (Å²) < 4.78 is 7.20. The molecule has 1 saturated heterocycles. The third-order valence-electron chi connectivity index (χ3n) is 4.67. The molecule has 138 valence electrons. The van der Waals surface area contributed by atoms with Gasteiger partial charge in [-0.25, -0.2) is 0 Å². The van der Waals surface area contributed by atoms with Crippen LogP contribution in [0.15, 0.2) is 22.7 Å². The normalized spacial score (nSPS) is 16.5. The molecule has 0 radical (unpaired) electrons. The molecule has 0 saturated carbocycles. The van der Waals surface area contributed by atoms with Crippen LogP contribution >= 0.6 is 0 Å². The zero-order valence-electron chi connectivity index (χ0n) is 15.8. The van der Waals surface area contributed by atoms with Crippen LogP contribution in [0.2, 0.25) is 0 Å². The van der Waals surface area contributed by atoms with Crippen molar-refractivity contribution in [3.8, 4) is 0 Å². The zero-order chi connectivity index (χ0) is 18.3. The lowest BCUT2D eigenvalue weighted by atomic mass is 9.96. The van der Waals surface area contributed by atoms with Gasteiger partial charge in [0.05, 0.1) is 12.2 Å². The second kappa shape index (κ2) is 6.35. The van der Waals surface area contributed by atoms with Gasteiger partial charge in [-0.2, -0.15) is 4.52 Å². The highest BCUT2D eigenvalue weighted by Crippen LogP contribution is 2.22. The third kappa shape index (κ3) is 3.29. The van der Waals surface area contributed by atoms with Gasteiger partial charge in [-0.05, 0) is 19.1 Å². The number of fused-ring (bicyclic) bond motifs is 1. The van der Waals surface area contributed by atoms with Gasteiger partial charge in [0.15, 0.2) is 17.2 Å². The maximum Gasteiger partial charge on any atom is 0.178 e. The van der Waals surface area contributed by atoms with Crippen LogP contribution in [-0.4, -0.2) is 56.0 Å². The van der Waals surface area contributed by atoms with E-state index in [2.05, 4.69) is 45.9 Å². The molecule has 8 nitrogen and oxygen atoms in total. The van der Waals surface area contributed by atoms with Crippen molar-refractivity contribution >= 4 is 11.5 Å². The first-order valence-electron chi connectivity index (χ1n) is 9.02. The van der Waals surface area contributed by atoms with Crippen molar-refractivity contribution in [1.82, 2.24) is 29.9 Å². The standard InChI is InChI=1S/C18H25N7O/c1-13-11-14(26-22-13)12-23-7-9-24(10-8-23)16-6-5-15-19-20-17(18(2,3)4)25(15)21-16/h5-6,11H,7-10,12H2,1-4H3. The van der Waals surface area contributed by atoms with Gasteiger partial charge in [0.25, 0.3) is 0 Å². The minimum absolute atomic E-state index is 0.0983. The van der Waals surface area contributed by atoms with Gasteiger partial charge in [-0.3, -0.25) is 4.90 Å². The summed E-state index contributed by atoms with van der Waals surface area (Å²) in [7, 11) is 0. The Labute approximate surface area is 152 Å². The van der Waals surface area contributed by atoms with E-state index in [1.807, 2.05) is 29.6 Å². The fourth-order valence-corrected chi connectivity index (χ4v) is 3.26. The largest absolute Gasteiger partial charge is 0.360 e. The number of rotatable bonds is 3. The Morgan fingerprint density at radius 2 is 1.85 bits per heavy atom. The zero-order valence-corrected chi connectivity index (χ0v) is 15.8. The number of hydrogen-bond donors (Lipinski definition) is 0. The van der Waals surface area contributed by atoms with Gasteiger partial charge in [-0.15, -0.1) is 15.3 Å². The average Bonchev–Trinajstić information content (AvgIpc) is 3.20. The number of aryl methyl sites for hydroxylation is 1. The number of piperazine rings is 1. The molecule has 0 aromatic carbocycles. The Kier molecular flexibility index (Phi) is 4.14. The molecule has 1 aliphatic heterocycles. The van der Waals surface area contributed by atoms with E-state index in [1.54, 1.807) is 0 Å². The van der Waals surface area contributed by atoms with Gasteiger partial charge >= 0.3 is 0 Å². The summed E-state index contributed by atoms with van der Waals surface area (Å²) in [5.41, 5.74) is 1.62. The maximum absolute atomic E-state index is 5.33.